The van der Waals surface area contributed by atoms with Gasteiger partial charge in [-0.15, -0.1) is 0 Å². The number of fused-ring (bicyclic) bond motifs is 2. The molecule has 3 amide bonds. The third kappa shape index (κ3) is 4.77. The van der Waals surface area contributed by atoms with Crippen LogP contribution in [0.15, 0.2) is 42.5 Å². The van der Waals surface area contributed by atoms with E-state index in [0.29, 0.717) is 17.0 Å². The third-order valence-electron chi connectivity index (χ3n) is 8.18. The Morgan fingerprint density at radius 1 is 0.919 bits per heavy atom. The highest BCUT2D eigenvalue weighted by Crippen LogP contribution is 2.39. The van der Waals surface area contributed by atoms with Gasteiger partial charge >= 0.3 is 1.43 Å². The fraction of sp³-hybridized carbons (Fsp3) is 0.448. The van der Waals surface area contributed by atoms with E-state index in [1.54, 1.807) is 12.1 Å². The molecular formula is C29H33ClN4O3. The largest absolute Gasteiger partial charge is 1.00 e. The van der Waals surface area contributed by atoms with E-state index < -0.39 is 5.91 Å². The lowest BCUT2D eigenvalue weighted by Gasteiger charge is -2.33. The number of imidazole rings is 1. The fourth-order valence-corrected chi connectivity index (χ4v) is 6.36. The van der Waals surface area contributed by atoms with Crippen LogP contribution in [-0.2, 0) is 4.79 Å². The molecule has 8 heteroatoms. The summed E-state index contributed by atoms with van der Waals surface area (Å²) < 4.78 is 2.11. The highest BCUT2D eigenvalue weighted by atomic mass is 35.5. The van der Waals surface area contributed by atoms with E-state index in [2.05, 4.69) is 15.2 Å². The number of rotatable bonds is 5. The summed E-state index contributed by atoms with van der Waals surface area (Å²) in [6.07, 6.45) is 11.1. The van der Waals surface area contributed by atoms with Gasteiger partial charge in [0.2, 0.25) is 5.91 Å². The average Bonchev–Trinajstić information content (AvgIpc) is 3.42. The SMILES string of the molecule is O=C1NC(=O)c2cc(-c3nc4ccccc4n3C(C(=O)NC3CCCCC3)C3CCCCC3)ccc21.[Cl-].[H+]. The maximum absolute atomic E-state index is 14.1. The quantitative estimate of drug-likeness (QED) is 0.505. The van der Waals surface area contributed by atoms with Crippen molar-refractivity contribution < 1.29 is 28.2 Å². The Morgan fingerprint density at radius 2 is 1.59 bits per heavy atom. The van der Waals surface area contributed by atoms with Gasteiger partial charge in [0, 0.05) is 11.6 Å². The molecule has 2 aromatic carbocycles. The van der Waals surface area contributed by atoms with Crippen molar-refractivity contribution >= 4 is 28.8 Å². The molecule has 1 atom stereocenters. The molecule has 2 aliphatic carbocycles. The van der Waals surface area contributed by atoms with Gasteiger partial charge in [-0.3, -0.25) is 19.7 Å². The lowest BCUT2D eigenvalue weighted by atomic mass is 9.82. The van der Waals surface area contributed by atoms with E-state index in [1.807, 2.05) is 30.3 Å². The number of carbonyl (C=O) groups is 3. The second-order valence-electron chi connectivity index (χ2n) is 10.5. The van der Waals surface area contributed by atoms with Crippen LogP contribution in [0.4, 0.5) is 0 Å². The molecular weight excluding hydrogens is 488 g/mol. The molecule has 194 valence electrons. The predicted molar refractivity (Wildman–Crippen MR) is 139 cm³/mol. The monoisotopic (exact) mass is 520 g/mol. The topological polar surface area (TPSA) is 93.1 Å². The van der Waals surface area contributed by atoms with Crippen molar-refractivity contribution in [3.05, 3.63) is 53.6 Å². The molecule has 37 heavy (non-hydrogen) atoms. The number of imide groups is 1. The summed E-state index contributed by atoms with van der Waals surface area (Å²) in [5.41, 5.74) is 3.21. The Labute approximate surface area is 224 Å². The van der Waals surface area contributed by atoms with Crippen molar-refractivity contribution in [2.75, 3.05) is 0 Å². The zero-order valence-corrected chi connectivity index (χ0v) is 21.6. The number of carbonyl (C=O) groups excluding carboxylic acids is 3. The second-order valence-corrected chi connectivity index (χ2v) is 10.5. The molecule has 2 fully saturated rings. The minimum atomic E-state index is -0.390. The van der Waals surface area contributed by atoms with Gasteiger partial charge < -0.3 is 22.3 Å². The number of para-hydroxylation sites is 2. The van der Waals surface area contributed by atoms with Crippen LogP contribution in [0.3, 0.4) is 0 Å². The van der Waals surface area contributed by atoms with Crippen molar-refractivity contribution in [3.8, 4) is 11.4 Å². The Bertz CT molecular complexity index is 1340. The molecule has 6 rings (SSSR count). The van der Waals surface area contributed by atoms with Crippen LogP contribution in [-0.4, -0.2) is 33.3 Å². The van der Waals surface area contributed by atoms with Crippen molar-refractivity contribution in [1.29, 1.82) is 0 Å². The van der Waals surface area contributed by atoms with E-state index in [4.69, 9.17) is 4.98 Å². The second kappa shape index (κ2) is 10.7. The molecule has 0 radical (unpaired) electrons. The number of benzene rings is 2. The zero-order valence-electron chi connectivity index (χ0n) is 21.8. The highest BCUT2D eigenvalue weighted by molar-refractivity contribution is 6.21. The molecule has 7 nitrogen and oxygen atoms in total. The Balaban J connectivity index is 0.00000168. The maximum atomic E-state index is 14.1. The Kier molecular flexibility index (Phi) is 7.33. The molecule has 3 aliphatic rings. The van der Waals surface area contributed by atoms with Gasteiger partial charge in [-0.25, -0.2) is 4.98 Å². The number of nitrogens with zero attached hydrogens (tertiary/aromatic N) is 2. The highest BCUT2D eigenvalue weighted by Gasteiger charge is 2.36. The van der Waals surface area contributed by atoms with Crippen molar-refractivity contribution in [1.82, 2.24) is 20.2 Å². The van der Waals surface area contributed by atoms with E-state index in [0.717, 1.165) is 68.0 Å². The van der Waals surface area contributed by atoms with Crippen LogP contribution in [0.25, 0.3) is 22.4 Å². The number of aromatic nitrogens is 2. The van der Waals surface area contributed by atoms with Gasteiger partial charge in [-0.1, -0.05) is 56.7 Å². The molecule has 1 aromatic heterocycles. The molecule has 0 bridgehead atoms. The normalized spacial score (nSPS) is 19.2. The summed E-state index contributed by atoms with van der Waals surface area (Å²) in [5, 5.41) is 5.78. The van der Waals surface area contributed by atoms with Gasteiger partial charge in [0.15, 0.2) is 0 Å². The van der Waals surface area contributed by atoms with Crippen LogP contribution >= 0.6 is 0 Å². The number of hydrogen-bond donors (Lipinski definition) is 2. The van der Waals surface area contributed by atoms with E-state index in [-0.39, 0.29) is 43.6 Å². The summed E-state index contributed by atoms with van der Waals surface area (Å²) in [6.45, 7) is 0. The van der Waals surface area contributed by atoms with E-state index >= 15 is 0 Å². The fourth-order valence-electron chi connectivity index (χ4n) is 6.36. The average molecular weight is 521 g/mol. The minimum Gasteiger partial charge on any atom is -1.00 e. The summed E-state index contributed by atoms with van der Waals surface area (Å²) >= 11 is 0. The van der Waals surface area contributed by atoms with Crippen molar-refractivity contribution in [3.63, 3.8) is 0 Å². The summed E-state index contributed by atoms with van der Waals surface area (Å²) in [5.74, 6) is 0.200. The van der Waals surface area contributed by atoms with E-state index in [9.17, 15) is 14.4 Å². The molecule has 2 saturated carbocycles. The lowest BCUT2D eigenvalue weighted by molar-refractivity contribution is -0.127. The van der Waals surface area contributed by atoms with Crippen molar-refractivity contribution in [2.45, 2.75) is 76.3 Å². The Morgan fingerprint density at radius 3 is 2.35 bits per heavy atom. The Hall–Kier alpha value is -3.19. The lowest BCUT2D eigenvalue weighted by Crippen LogP contribution is -3.00. The molecule has 2 heterocycles. The summed E-state index contributed by atoms with van der Waals surface area (Å²) in [7, 11) is 0. The summed E-state index contributed by atoms with van der Waals surface area (Å²) in [4.78, 5) is 43.5. The van der Waals surface area contributed by atoms with Gasteiger partial charge in [-0.2, -0.15) is 0 Å². The number of nitrogens with one attached hydrogen (secondary N) is 2. The molecule has 3 aromatic rings. The number of halogens is 1. The van der Waals surface area contributed by atoms with Crippen molar-refractivity contribution in [2.24, 2.45) is 5.92 Å². The first-order valence-corrected chi connectivity index (χ1v) is 13.4. The zero-order chi connectivity index (χ0) is 24.6. The predicted octanol–water partition coefficient (Wildman–Crippen LogP) is 2.27. The molecule has 0 saturated heterocycles. The van der Waals surface area contributed by atoms with E-state index in [1.165, 1.54) is 12.8 Å². The van der Waals surface area contributed by atoms with Crippen LogP contribution in [0.5, 0.6) is 0 Å². The van der Waals surface area contributed by atoms with Gasteiger partial charge in [-0.05, 0) is 55.9 Å². The molecule has 2 N–H and O–H groups in total. The van der Waals surface area contributed by atoms with Crippen LogP contribution in [0, 0.1) is 5.92 Å². The molecule has 1 aliphatic heterocycles. The smallest absolute Gasteiger partial charge is 1.00 e. The first-order valence-electron chi connectivity index (χ1n) is 13.4. The third-order valence-corrected chi connectivity index (χ3v) is 8.18. The summed E-state index contributed by atoms with van der Waals surface area (Å²) in [6, 6.07) is 13.0. The molecule has 0 spiro atoms. The van der Waals surface area contributed by atoms with Gasteiger partial charge in [0.25, 0.3) is 11.8 Å². The first-order chi connectivity index (χ1) is 17.6. The minimum absolute atomic E-state index is 0. The van der Waals surface area contributed by atoms with Gasteiger partial charge in [0.1, 0.15) is 11.9 Å². The van der Waals surface area contributed by atoms with Crippen LogP contribution < -0.4 is 23.0 Å². The number of hydrogen-bond acceptors (Lipinski definition) is 4. The number of amides is 3. The van der Waals surface area contributed by atoms with Gasteiger partial charge in [0.05, 0.1) is 22.2 Å². The molecule has 1 unspecified atom stereocenters. The van der Waals surface area contributed by atoms with Crippen LogP contribution in [0.2, 0.25) is 0 Å². The van der Waals surface area contributed by atoms with Crippen LogP contribution in [0.1, 0.15) is 92.4 Å². The standard InChI is InChI=1S/C29H32N4O3.ClH/c34-27-21-16-15-19(17-22(21)28(35)32-27)26-31-23-13-7-8-14-24(23)33(26)25(18-9-3-1-4-10-18)29(36)30-20-11-5-2-6-12-20;/h7-8,13-18,20,25H,1-6,9-12H2,(H,30,36)(H,32,34,35);1H. The maximum Gasteiger partial charge on any atom is 1.00 e. The first kappa shape index (κ1) is 25.5.